The first-order chi connectivity index (χ1) is 19.3. The fourth-order valence-corrected chi connectivity index (χ4v) is 5.11. The van der Waals surface area contributed by atoms with Crippen molar-refractivity contribution in [3.05, 3.63) is 59.1 Å². The SMILES string of the molecule is Cc1ccnc(Cn2c(-c3ccc(OCC(=O)N4CCC[C@H](F)C4)cc3Cl)nc3c(OC4(C)CC4)ncnc32)c1. The van der Waals surface area contributed by atoms with Gasteiger partial charge in [0.1, 0.15) is 29.7 Å². The van der Waals surface area contributed by atoms with E-state index in [0.717, 1.165) is 24.1 Å². The Bertz CT molecular complexity index is 1570. The zero-order valence-corrected chi connectivity index (χ0v) is 23.2. The van der Waals surface area contributed by atoms with Gasteiger partial charge >= 0.3 is 0 Å². The van der Waals surface area contributed by atoms with Gasteiger partial charge in [0.25, 0.3) is 5.91 Å². The standard InChI is InChI=1S/C29H30ClFN6O3/c1-18-7-10-32-20(12-18)15-37-26(35-25-27(37)33-17-34-28(25)40-29(2)8-9-29)22-6-5-21(13-23(22)30)39-16-24(38)36-11-3-4-19(31)14-36/h5-7,10,12-13,17,19H,3-4,8-9,11,14-16H2,1-2H3/t19-/m0/s1. The third kappa shape index (κ3) is 5.58. The minimum atomic E-state index is -0.983. The number of nitrogens with zero attached hydrogens (tertiary/aromatic N) is 6. The second kappa shape index (κ2) is 10.6. The number of imidazole rings is 1. The number of hydrogen-bond acceptors (Lipinski definition) is 7. The summed E-state index contributed by atoms with van der Waals surface area (Å²) in [5.74, 6) is 1.21. The number of carbonyl (C=O) groups excluding carboxylic acids is 1. The van der Waals surface area contributed by atoms with Gasteiger partial charge in [-0.15, -0.1) is 0 Å². The molecule has 1 saturated carbocycles. The zero-order chi connectivity index (χ0) is 27.9. The first kappa shape index (κ1) is 26.4. The van der Waals surface area contributed by atoms with Crippen molar-refractivity contribution >= 4 is 28.7 Å². The van der Waals surface area contributed by atoms with E-state index in [9.17, 15) is 9.18 Å². The van der Waals surface area contributed by atoms with Crippen molar-refractivity contribution in [1.82, 2.24) is 29.4 Å². The van der Waals surface area contributed by atoms with Gasteiger partial charge < -0.3 is 18.9 Å². The molecule has 9 nitrogen and oxygen atoms in total. The molecule has 1 amide bonds. The number of pyridine rings is 1. The Morgan fingerprint density at radius 3 is 2.80 bits per heavy atom. The number of alkyl halides is 1. The summed E-state index contributed by atoms with van der Waals surface area (Å²) in [4.78, 5) is 32.4. The molecule has 2 aliphatic rings. The Balaban J connectivity index is 1.31. The van der Waals surface area contributed by atoms with E-state index < -0.39 is 6.17 Å². The molecule has 4 aromatic rings. The first-order valence-electron chi connectivity index (χ1n) is 13.4. The predicted molar refractivity (Wildman–Crippen MR) is 148 cm³/mol. The van der Waals surface area contributed by atoms with Crippen molar-refractivity contribution in [1.29, 1.82) is 0 Å². The van der Waals surface area contributed by atoms with E-state index in [1.54, 1.807) is 24.4 Å². The number of rotatable bonds is 8. The van der Waals surface area contributed by atoms with E-state index in [0.29, 0.717) is 65.1 Å². The smallest absolute Gasteiger partial charge is 0.260 e. The summed E-state index contributed by atoms with van der Waals surface area (Å²) in [6, 6.07) is 9.16. The van der Waals surface area contributed by atoms with E-state index in [4.69, 9.17) is 26.1 Å². The Morgan fingerprint density at radius 2 is 2.05 bits per heavy atom. The zero-order valence-electron chi connectivity index (χ0n) is 22.4. The number of hydrogen-bond donors (Lipinski definition) is 0. The lowest BCUT2D eigenvalue weighted by Crippen LogP contribution is -2.43. The molecule has 6 rings (SSSR count). The van der Waals surface area contributed by atoms with E-state index in [1.807, 2.05) is 23.6 Å². The van der Waals surface area contributed by atoms with Gasteiger partial charge in [-0.1, -0.05) is 11.6 Å². The van der Waals surface area contributed by atoms with E-state index >= 15 is 0 Å². The van der Waals surface area contributed by atoms with E-state index in [2.05, 4.69) is 21.9 Å². The molecule has 1 saturated heterocycles. The highest BCUT2D eigenvalue weighted by Crippen LogP contribution is 2.41. The molecular weight excluding hydrogens is 535 g/mol. The number of fused-ring (bicyclic) bond motifs is 1. The van der Waals surface area contributed by atoms with Gasteiger partial charge in [0.05, 0.1) is 23.8 Å². The lowest BCUT2D eigenvalue weighted by atomic mass is 10.1. The number of likely N-dealkylation sites (tertiary alicyclic amines) is 1. The Hall–Kier alpha value is -3.79. The van der Waals surface area contributed by atoms with Crippen LogP contribution in [0.1, 0.15) is 43.9 Å². The molecule has 2 fully saturated rings. The Morgan fingerprint density at radius 1 is 1.20 bits per heavy atom. The van der Waals surface area contributed by atoms with Crippen LogP contribution in [0.3, 0.4) is 0 Å². The molecule has 0 N–H and O–H groups in total. The number of benzene rings is 1. The summed E-state index contributed by atoms with van der Waals surface area (Å²) in [7, 11) is 0. The highest BCUT2D eigenvalue weighted by atomic mass is 35.5. The van der Waals surface area contributed by atoms with Crippen LogP contribution in [-0.4, -0.2) is 66.8 Å². The summed E-state index contributed by atoms with van der Waals surface area (Å²) >= 11 is 6.77. The number of aryl methyl sites for hydroxylation is 1. The normalized spacial score (nSPS) is 18.1. The number of ether oxygens (including phenoxy) is 2. The van der Waals surface area contributed by atoms with Crippen LogP contribution >= 0.6 is 11.6 Å². The molecule has 0 spiro atoms. The lowest BCUT2D eigenvalue weighted by molar-refractivity contribution is -0.135. The summed E-state index contributed by atoms with van der Waals surface area (Å²) in [6.07, 6.45) is 5.34. The predicted octanol–water partition coefficient (Wildman–Crippen LogP) is 5.17. The molecule has 3 aromatic heterocycles. The summed E-state index contributed by atoms with van der Waals surface area (Å²) in [5, 5.41) is 0.394. The van der Waals surface area contributed by atoms with Crippen molar-refractivity contribution in [3.63, 3.8) is 0 Å². The number of carbonyl (C=O) groups is 1. The van der Waals surface area contributed by atoms with Crippen LogP contribution in [0.5, 0.6) is 11.6 Å². The minimum Gasteiger partial charge on any atom is -0.484 e. The van der Waals surface area contributed by atoms with Crippen LogP contribution in [0.2, 0.25) is 5.02 Å². The third-order valence-electron chi connectivity index (χ3n) is 7.35. The second-order valence-electron chi connectivity index (χ2n) is 10.8. The average molecular weight is 565 g/mol. The van der Waals surface area contributed by atoms with Gasteiger partial charge in [-0.05, 0) is 75.4 Å². The van der Waals surface area contributed by atoms with Crippen molar-refractivity contribution in [2.24, 2.45) is 0 Å². The number of amides is 1. The summed E-state index contributed by atoms with van der Waals surface area (Å²) in [6.45, 7) is 4.95. The van der Waals surface area contributed by atoms with Crippen molar-refractivity contribution in [2.45, 2.75) is 57.8 Å². The third-order valence-corrected chi connectivity index (χ3v) is 7.66. The van der Waals surface area contributed by atoms with Crippen molar-refractivity contribution in [2.75, 3.05) is 19.7 Å². The molecule has 1 aliphatic heterocycles. The van der Waals surface area contributed by atoms with E-state index in [1.165, 1.54) is 11.2 Å². The van der Waals surface area contributed by atoms with Crippen LogP contribution in [0.15, 0.2) is 42.9 Å². The van der Waals surface area contributed by atoms with Crippen LogP contribution in [-0.2, 0) is 11.3 Å². The Kier molecular flexibility index (Phi) is 7.04. The highest BCUT2D eigenvalue weighted by Gasteiger charge is 2.41. The van der Waals surface area contributed by atoms with Crippen molar-refractivity contribution < 1.29 is 18.7 Å². The summed E-state index contributed by atoms with van der Waals surface area (Å²) < 4.78 is 27.6. The quantitative estimate of drug-likeness (QED) is 0.291. The molecule has 0 bridgehead atoms. The van der Waals surface area contributed by atoms with Crippen LogP contribution in [0.4, 0.5) is 4.39 Å². The van der Waals surface area contributed by atoms with Crippen LogP contribution < -0.4 is 9.47 Å². The fourth-order valence-electron chi connectivity index (χ4n) is 4.86. The van der Waals surface area contributed by atoms with Gasteiger partial charge in [-0.3, -0.25) is 9.78 Å². The minimum absolute atomic E-state index is 0.113. The average Bonchev–Trinajstić information content (AvgIpc) is 3.55. The van der Waals surface area contributed by atoms with Crippen LogP contribution in [0, 0.1) is 6.92 Å². The molecule has 208 valence electrons. The van der Waals surface area contributed by atoms with Gasteiger partial charge in [0.2, 0.25) is 5.88 Å². The van der Waals surface area contributed by atoms with Gasteiger partial charge in [0, 0.05) is 18.3 Å². The number of piperidine rings is 1. The Labute approximate surface area is 236 Å². The van der Waals surface area contributed by atoms with Gasteiger partial charge in [-0.25, -0.2) is 14.4 Å². The summed E-state index contributed by atoms with van der Waals surface area (Å²) in [5.41, 5.74) is 3.52. The first-order valence-corrected chi connectivity index (χ1v) is 13.8. The molecule has 0 unspecified atom stereocenters. The molecule has 0 radical (unpaired) electrons. The highest BCUT2D eigenvalue weighted by molar-refractivity contribution is 6.33. The molecule has 11 heteroatoms. The molecule has 40 heavy (non-hydrogen) atoms. The topological polar surface area (TPSA) is 95.3 Å². The van der Waals surface area contributed by atoms with Gasteiger partial charge in [-0.2, -0.15) is 4.98 Å². The van der Waals surface area contributed by atoms with Crippen LogP contribution in [0.25, 0.3) is 22.6 Å². The number of aromatic nitrogens is 5. The fraction of sp³-hybridized carbons (Fsp3) is 0.414. The molecule has 1 aromatic carbocycles. The van der Waals surface area contributed by atoms with Crippen molar-refractivity contribution in [3.8, 4) is 23.0 Å². The van der Waals surface area contributed by atoms with Gasteiger partial charge in [0.15, 0.2) is 17.8 Å². The lowest BCUT2D eigenvalue weighted by Gasteiger charge is -2.28. The molecule has 4 heterocycles. The maximum absolute atomic E-state index is 13.7. The molecular formula is C29H30ClFN6O3. The maximum Gasteiger partial charge on any atom is 0.260 e. The largest absolute Gasteiger partial charge is 0.484 e. The second-order valence-corrected chi connectivity index (χ2v) is 11.2. The molecule has 1 atom stereocenters. The number of halogens is 2. The van der Waals surface area contributed by atoms with E-state index in [-0.39, 0.29) is 24.7 Å². The monoisotopic (exact) mass is 564 g/mol. The maximum atomic E-state index is 13.7. The molecule has 1 aliphatic carbocycles.